The minimum absolute atomic E-state index is 0.312. The second-order valence-electron chi connectivity index (χ2n) is 5.24. The van der Waals surface area contributed by atoms with Gasteiger partial charge < -0.3 is 10.1 Å². The first-order chi connectivity index (χ1) is 8.19. The molecule has 0 heterocycles. The molecule has 0 saturated heterocycles. The molecule has 0 aromatic heterocycles. The van der Waals surface area contributed by atoms with Gasteiger partial charge in [-0.1, -0.05) is 29.3 Å². The van der Waals surface area contributed by atoms with Crippen molar-refractivity contribution in [3.05, 3.63) is 34.9 Å². The summed E-state index contributed by atoms with van der Waals surface area (Å²) in [7, 11) is 2.00. The van der Waals surface area contributed by atoms with Crippen molar-refractivity contribution in [2.24, 2.45) is 5.92 Å². The Labute approximate surface area is 104 Å². The maximum Gasteiger partial charge on any atom is 0.0661 e. The number of hydrogen-bond donors (Lipinski definition) is 1. The van der Waals surface area contributed by atoms with E-state index in [1.807, 2.05) is 7.05 Å². The van der Waals surface area contributed by atoms with Crippen LogP contribution >= 0.6 is 0 Å². The zero-order chi connectivity index (χ0) is 12.3. The molecule has 1 aliphatic rings. The Bertz CT molecular complexity index is 351. The van der Waals surface area contributed by atoms with Crippen molar-refractivity contribution >= 4 is 0 Å². The van der Waals surface area contributed by atoms with E-state index in [1.165, 1.54) is 29.5 Å². The van der Waals surface area contributed by atoms with E-state index in [0.29, 0.717) is 6.04 Å². The van der Waals surface area contributed by atoms with Crippen LogP contribution in [0.4, 0.5) is 0 Å². The molecule has 1 aliphatic carbocycles. The number of rotatable bonds is 6. The third-order valence-corrected chi connectivity index (χ3v) is 3.33. The molecule has 0 amide bonds. The van der Waals surface area contributed by atoms with Crippen molar-refractivity contribution in [2.45, 2.75) is 32.7 Å². The standard InChI is InChI=1S/C15H23NO/c1-11-6-12(2)8-14(7-11)15(16-3)10-17-9-13-4-5-13/h6-8,13,15-16H,4-5,9-10H2,1-3H3. The van der Waals surface area contributed by atoms with Gasteiger partial charge >= 0.3 is 0 Å². The number of nitrogens with one attached hydrogen (secondary N) is 1. The Morgan fingerprint density at radius 3 is 2.41 bits per heavy atom. The molecule has 1 unspecified atom stereocenters. The number of hydrogen-bond acceptors (Lipinski definition) is 2. The molecule has 17 heavy (non-hydrogen) atoms. The number of benzene rings is 1. The maximum atomic E-state index is 5.78. The fourth-order valence-corrected chi connectivity index (χ4v) is 2.19. The Balaban J connectivity index is 1.94. The molecule has 0 aliphatic heterocycles. The molecule has 0 spiro atoms. The van der Waals surface area contributed by atoms with Crippen LogP contribution in [0.2, 0.25) is 0 Å². The fraction of sp³-hybridized carbons (Fsp3) is 0.600. The summed E-state index contributed by atoms with van der Waals surface area (Å²) in [5.74, 6) is 0.840. The third kappa shape index (κ3) is 3.83. The monoisotopic (exact) mass is 233 g/mol. The van der Waals surface area contributed by atoms with Crippen LogP contribution in [0.3, 0.4) is 0 Å². The first-order valence-corrected chi connectivity index (χ1v) is 6.52. The fourth-order valence-electron chi connectivity index (χ4n) is 2.19. The van der Waals surface area contributed by atoms with Gasteiger partial charge in [-0.05, 0) is 45.2 Å². The summed E-state index contributed by atoms with van der Waals surface area (Å²) in [5.41, 5.74) is 3.98. The molecule has 2 rings (SSSR count). The van der Waals surface area contributed by atoms with Gasteiger partial charge in [0.05, 0.1) is 12.6 Å². The van der Waals surface area contributed by atoms with Crippen LogP contribution in [-0.2, 0) is 4.74 Å². The number of likely N-dealkylation sites (N-methyl/N-ethyl adjacent to an activating group) is 1. The van der Waals surface area contributed by atoms with Crippen LogP contribution < -0.4 is 5.32 Å². The first-order valence-electron chi connectivity index (χ1n) is 6.52. The average Bonchev–Trinajstić information content (AvgIpc) is 3.06. The molecule has 0 radical (unpaired) electrons. The minimum atomic E-state index is 0.312. The van der Waals surface area contributed by atoms with Crippen LogP contribution in [0.15, 0.2) is 18.2 Å². The highest BCUT2D eigenvalue weighted by Crippen LogP contribution is 2.29. The molecule has 1 fully saturated rings. The lowest BCUT2D eigenvalue weighted by Crippen LogP contribution is -2.22. The van der Waals surface area contributed by atoms with Crippen molar-refractivity contribution in [3.8, 4) is 0 Å². The van der Waals surface area contributed by atoms with Crippen molar-refractivity contribution in [1.29, 1.82) is 0 Å². The van der Waals surface area contributed by atoms with Gasteiger partial charge in [-0.2, -0.15) is 0 Å². The van der Waals surface area contributed by atoms with Crippen molar-refractivity contribution in [3.63, 3.8) is 0 Å². The van der Waals surface area contributed by atoms with E-state index in [2.05, 4.69) is 37.4 Å². The quantitative estimate of drug-likeness (QED) is 0.815. The summed E-state index contributed by atoms with van der Waals surface area (Å²) in [6.07, 6.45) is 2.71. The van der Waals surface area contributed by atoms with Gasteiger partial charge in [0.1, 0.15) is 0 Å². The van der Waals surface area contributed by atoms with Gasteiger partial charge in [0.25, 0.3) is 0 Å². The van der Waals surface area contributed by atoms with Crippen molar-refractivity contribution < 1.29 is 4.74 Å². The first kappa shape index (κ1) is 12.6. The van der Waals surface area contributed by atoms with Gasteiger partial charge in [-0.15, -0.1) is 0 Å². The van der Waals surface area contributed by atoms with E-state index in [9.17, 15) is 0 Å². The highest BCUT2D eigenvalue weighted by atomic mass is 16.5. The zero-order valence-electron chi connectivity index (χ0n) is 11.1. The number of ether oxygens (including phenoxy) is 1. The average molecular weight is 233 g/mol. The lowest BCUT2D eigenvalue weighted by molar-refractivity contribution is 0.105. The highest BCUT2D eigenvalue weighted by Gasteiger charge is 2.21. The number of aryl methyl sites for hydroxylation is 2. The molecular weight excluding hydrogens is 210 g/mol. The lowest BCUT2D eigenvalue weighted by atomic mass is 10.0. The second-order valence-corrected chi connectivity index (χ2v) is 5.24. The summed E-state index contributed by atoms with van der Waals surface area (Å²) in [4.78, 5) is 0. The smallest absolute Gasteiger partial charge is 0.0661 e. The molecule has 1 atom stereocenters. The maximum absolute atomic E-state index is 5.78. The van der Waals surface area contributed by atoms with E-state index in [4.69, 9.17) is 4.74 Å². The van der Waals surface area contributed by atoms with Gasteiger partial charge in [0, 0.05) is 6.61 Å². The molecule has 1 saturated carbocycles. The second kappa shape index (κ2) is 5.65. The van der Waals surface area contributed by atoms with E-state index < -0.39 is 0 Å². The van der Waals surface area contributed by atoms with Gasteiger partial charge in [0.15, 0.2) is 0 Å². The van der Waals surface area contributed by atoms with Crippen molar-refractivity contribution in [2.75, 3.05) is 20.3 Å². The van der Waals surface area contributed by atoms with E-state index in [0.717, 1.165) is 19.1 Å². The molecule has 0 bridgehead atoms. The van der Waals surface area contributed by atoms with Crippen LogP contribution in [0.5, 0.6) is 0 Å². The van der Waals surface area contributed by atoms with Crippen LogP contribution in [0.25, 0.3) is 0 Å². The Morgan fingerprint density at radius 2 is 1.88 bits per heavy atom. The largest absolute Gasteiger partial charge is 0.379 e. The highest BCUT2D eigenvalue weighted by molar-refractivity contribution is 5.30. The van der Waals surface area contributed by atoms with Crippen molar-refractivity contribution in [1.82, 2.24) is 5.32 Å². The lowest BCUT2D eigenvalue weighted by Gasteiger charge is -2.18. The van der Waals surface area contributed by atoms with Crippen LogP contribution in [-0.4, -0.2) is 20.3 Å². The predicted molar refractivity (Wildman–Crippen MR) is 71.3 cm³/mol. The van der Waals surface area contributed by atoms with Gasteiger partial charge in [-0.3, -0.25) is 0 Å². The topological polar surface area (TPSA) is 21.3 Å². The molecule has 1 N–H and O–H groups in total. The zero-order valence-corrected chi connectivity index (χ0v) is 11.1. The van der Waals surface area contributed by atoms with E-state index in [1.54, 1.807) is 0 Å². The van der Waals surface area contributed by atoms with Crippen LogP contribution in [0.1, 0.15) is 35.6 Å². The molecule has 1 aromatic rings. The molecule has 2 heteroatoms. The Kier molecular flexibility index (Phi) is 4.19. The molecule has 1 aromatic carbocycles. The molecule has 2 nitrogen and oxygen atoms in total. The minimum Gasteiger partial charge on any atom is -0.379 e. The van der Waals surface area contributed by atoms with Crippen LogP contribution in [0, 0.1) is 19.8 Å². The molecular formula is C15H23NO. The summed E-state index contributed by atoms with van der Waals surface area (Å²) in [6, 6.07) is 7.01. The SMILES string of the molecule is CNC(COCC1CC1)c1cc(C)cc(C)c1. The normalized spacial score (nSPS) is 17.1. The summed E-state index contributed by atoms with van der Waals surface area (Å²) in [6.45, 7) is 6.00. The van der Waals surface area contributed by atoms with E-state index in [-0.39, 0.29) is 0 Å². The molecule has 94 valence electrons. The van der Waals surface area contributed by atoms with Gasteiger partial charge in [0.2, 0.25) is 0 Å². The summed E-state index contributed by atoms with van der Waals surface area (Å²) < 4.78 is 5.78. The third-order valence-electron chi connectivity index (χ3n) is 3.33. The van der Waals surface area contributed by atoms with E-state index >= 15 is 0 Å². The predicted octanol–water partition coefficient (Wildman–Crippen LogP) is 2.99. The summed E-state index contributed by atoms with van der Waals surface area (Å²) >= 11 is 0. The summed E-state index contributed by atoms with van der Waals surface area (Å²) in [5, 5.41) is 3.34. The van der Waals surface area contributed by atoms with Gasteiger partial charge in [-0.25, -0.2) is 0 Å². The Morgan fingerprint density at radius 1 is 1.24 bits per heavy atom. The Hall–Kier alpha value is -0.860.